The van der Waals surface area contributed by atoms with E-state index in [9.17, 15) is 18.0 Å². The monoisotopic (exact) mass is 407 g/mol. The van der Waals surface area contributed by atoms with Crippen molar-refractivity contribution >= 4 is 5.91 Å². The third-order valence-electron chi connectivity index (χ3n) is 5.35. The van der Waals surface area contributed by atoms with Crippen LogP contribution < -0.4 is 14.8 Å². The molecule has 1 aliphatic rings. The van der Waals surface area contributed by atoms with Crippen LogP contribution in [0.15, 0.2) is 48.5 Å². The van der Waals surface area contributed by atoms with Crippen LogP contribution in [0, 0.1) is 0 Å². The van der Waals surface area contributed by atoms with Gasteiger partial charge in [0.2, 0.25) is 0 Å². The molecule has 156 valence electrons. The molecule has 0 saturated carbocycles. The van der Waals surface area contributed by atoms with Crippen molar-refractivity contribution in [1.82, 2.24) is 5.32 Å². The summed E-state index contributed by atoms with van der Waals surface area (Å²) in [6, 6.07) is 11.8. The molecule has 0 aromatic heterocycles. The second-order valence-electron chi connectivity index (χ2n) is 7.17. The van der Waals surface area contributed by atoms with Gasteiger partial charge in [0, 0.05) is 12.0 Å². The SMILES string of the molecule is CCC1(CC)C[C@@H](NC(=O)COc2cccc(C(F)(F)F)c2)c2ccccc2O1. The smallest absolute Gasteiger partial charge is 0.416 e. The fourth-order valence-corrected chi connectivity index (χ4v) is 3.58. The molecule has 3 rings (SSSR count). The van der Waals surface area contributed by atoms with Gasteiger partial charge in [-0.3, -0.25) is 4.79 Å². The Morgan fingerprint density at radius 1 is 1.17 bits per heavy atom. The highest BCUT2D eigenvalue weighted by Crippen LogP contribution is 2.42. The highest BCUT2D eigenvalue weighted by atomic mass is 19.4. The number of rotatable bonds is 6. The topological polar surface area (TPSA) is 47.6 Å². The molecule has 0 saturated heterocycles. The molecule has 4 nitrogen and oxygen atoms in total. The van der Waals surface area contributed by atoms with Gasteiger partial charge in [0.05, 0.1) is 11.6 Å². The molecule has 0 unspecified atom stereocenters. The van der Waals surface area contributed by atoms with Crippen LogP contribution in [0.25, 0.3) is 0 Å². The molecule has 1 atom stereocenters. The lowest BCUT2D eigenvalue weighted by Gasteiger charge is -2.41. The first-order valence-electron chi connectivity index (χ1n) is 9.63. The van der Waals surface area contributed by atoms with Crippen molar-refractivity contribution in [2.45, 2.75) is 50.9 Å². The maximum absolute atomic E-state index is 12.8. The Balaban J connectivity index is 1.69. The van der Waals surface area contributed by atoms with Crippen molar-refractivity contribution in [3.63, 3.8) is 0 Å². The van der Waals surface area contributed by atoms with E-state index >= 15 is 0 Å². The molecule has 1 N–H and O–H groups in total. The summed E-state index contributed by atoms with van der Waals surface area (Å²) in [5, 5.41) is 2.95. The molecule has 29 heavy (non-hydrogen) atoms. The zero-order valence-electron chi connectivity index (χ0n) is 16.4. The predicted molar refractivity (Wildman–Crippen MR) is 103 cm³/mol. The van der Waals surface area contributed by atoms with E-state index in [1.807, 2.05) is 38.1 Å². The maximum Gasteiger partial charge on any atom is 0.416 e. The third kappa shape index (κ3) is 4.83. The van der Waals surface area contributed by atoms with Crippen LogP contribution >= 0.6 is 0 Å². The van der Waals surface area contributed by atoms with Crippen LogP contribution in [0.4, 0.5) is 13.2 Å². The van der Waals surface area contributed by atoms with Gasteiger partial charge in [0.25, 0.3) is 5.91 Å². The summed E-state index contributed by atoms with van der Waals surface area (Å²) in [7, 11) is 0. The van der Waals surface area contributed by atoms with Gasteiger partial charge >= 0.3 is 6.18 Å². The molecule has 0 fully saturated rings. The Labute approximate surface area is 168 Å². The van der Waals surface area contributed by atoms with Gasteiger partial charge < -0.3 is 14.8 Å². The second-order valence-corrected chi connectivity index (χ2v) is 7.17. The fraction of sp³-hybridized carbons (Fsp3) is 0.409. The summed E-state index contributed by atoms with van der Waals surface area (Å²) in [5.41, 5.74) is -0.296. The zero-order valence-corrected chi connectivity index (χ0v) is 16.4. The number of fused-ring (bicyclic) bond motifs is 1. The van der Waals surface area contributed by atoms with Crippen molar-refractivity contribution in [3.05, 3.63) is 59.7 Å². The normalized spacial score (nSPS) is 17.8. The zero-order chi connectivity index (χ0) is 21.1. The number of hydrogen-bond acceptors (Lipinski definition) is 3. The molecule has 0 aliphatic carbocycles. The molecule has 1 heterocycles. The number of hydrogen-bond donors (Lipinski definition) is 1. The van der Waals surface area contributed by atoms with Gasteiger partial charge in [-0.15, -0.1) is 0 Å². The lowest BCUT2D eigenvalue weighted by Crippen LogP contribution is -2.45. The largest absolute Gasteiger partial charge is 0.487 e. The minimum Gasteiger partial charge on any atom is -0.487 e. The van der Waals surface area contributed by atoms with E-state index in [1.54, 1.807) is 0 Å². The van der Waals surface area contributed by atoms with Crippen molar-refractivity contribution in [3.8, 4) is 11.5 Å². The van der Waals surface area contributed by atoms with E-state index in [4.69, 9.17) is 9.47 Å². The first-order chi connectivity index (χ1) is 13.8. The van der Waals surface area contributed by atoms with Gasteiger partial charge in [-0.1, -0.05) is 38.1 Å². The third-order valence-corrected chi connectivity index (χ3v) is 5.35. The van der Waals surface area contributed by atoms with E-state index in [2.05, 4.69) is 5.32 Å². The number of para-hydroxylation sites is 1. The first-order valence-corrected chi connectivity index (χ1v) is 9.63. The molecule has 7 heteroatoms. The van der Waals surface area contributed by atoms with E-state index in [-0.39, 0.29) is 24.0 Å². The van der Waals surface area contributed by atoms with Crippen molar-refractivity contribution < 1.29 is 27.4 Å². The van der Waals surface area contributed by atoms with Gasteiger partial charge in [-0.2, -0.15) is 13.2 Å². The Bertz CT molecular complexity index is 862. The number of ether oxygens (including phenoxy) is 2. The van der Waals surface area contributed by atoms with Crippen LogP contribution in [0.2, 0.25) is 0 Å². The van der Waals surface area contributed by atoms with Crippen LogP contribution in [0.5, 0.6) is 11.5 Å². The number of nitrogens with one attached hydrogen (secondary N) is 1. The number of halogens is 3. The molecule has 0 spiro atoms. The van der Waals surface area contributed by atoms with Gasteiger partial charge in [-0.25, -0.2) is 0 Å². The first kappa shape index (κ1) is 21.0. The van der Waals surface area contributed by atoms with E-state index in [1.165, 1.54) is 12.1 Å². The van der Waals surface area contributed by atoms with Gasteiger partial charge in [-0.05, 0) is 37.1 Å². The standard InChI is InChI=1S/C22H24F3NO3/c1-3-21(4-2)13-18(17-10-5-6-11-19(17)29-21)26-20(27)14-28-16-9-7-8-15(12-16)22(23,24)25/h5-12,18H,3-4,13-14H2,1-2H3,(H,26,27)/t18-/m1/s1. The van der Waals surface area contributed by atoms with Gasteiger partial charge in [0.1, 0.15) is 17.1 Å². The Morgan fingerprint density at radius 2 is 1.90 bits per heavy atom. The lowest BCUT2D eigenvalue weighted by molar-refractivity contribution is -0.137. The summed E-state index contributed by atoms with van der Waals surface area (Å²) >= 11 is 0. The molecule has 1 aliphatic heterocycles. The molecule has 2 aromatic carbocycles. The average molecular weight is 407 g/mol. The highest BCUT2D eigenvalue weighted by Gasteiger charge is 2.39. The highest BCUT2D eigenvalue weighted by molar-refractivity contribution is 5.78. The average Bonchev–Trinajstić information content (AvgIpc) is 2.71. The number of carbonyl (C=O) groups is 1. The Kier molecular flexibility index (Phi) is 6.05. The summed E-state index contributed by atoms with van der Waals surface area (Å²) < 4.78 is 49.9. The van der Waals surface area contributed by atoms with E-state index < -0.39 is 17.6 Å². The lowest BCUT2D eigenvalue weighted by atomic mass is 9.83. The van der Waals surface area contributed by atoms with E-state index in [0.29, 0.717) is 6.42 Å². The summed E-state index contributed by atoms with van der Waals surface area (Å²) in [6.07, 6.45) is -2.25. The maximum atomic E-state index is 12.8. The number of carbonyl (C=O) groups excluding carboxylic acids is 1. The summed E-state index contributed by atoms with van der Waals surface area (Å²) in [6.45, 7) is 3.73. The molecule has 1 amide bonds. The van der Waals surface area contributed by atoms with Gasteiger partial charge in [0.15, 0.2) is 6.61 Å². The van der Waals surface area contributed by atoms with Crippen molar-refractivity contribution in [1.29, 1.82) is 0 Å². The Morgan fingerprint density at radius 3 is 2.59 bits per heavy atom. The Hall–Kier alpha value is -2.70. The fourth-order valence-electron chi connectivity index (χ4n) is 3.58. The molecular weight excluding hydrogens is 383 g/mol. The van der Waals surface area contributed by atoms with Crippen LogP contribution in [-0.4, -0.2) is 18.1 Å². The van der Waals surface area contributed by atoms with Crippen molar-refractivity contribution in [2.75, 3.05) is 6.61 Å². The molecule has 0 radical (unpaired) electrons. The van der Waals surface area contributed by atoms with Crippen LogP contribution in [-0.2, 0) is 11.0 Å². The van der Waals surface area contributed by atoms with Crippen LogP contribution in [0.1, 0.15) is 50.3 Å². The number of amides is 1. The molecule has 0 bridgehead atoms. The molecular formula is C22H24F3NO3. The number of benzene rings is 2. The predicted octanol–water partition coefficient (Wildman–Crippen LogP) is 5.28. The quantitative estimate of drug-likeness (QED) is 0.709. The number of alkyl halides is 3. The van der Waals surface area contributed by atoms with Crippen molar-refractivity contribution in [2.24, 2.45) is 0 Å². The second kappa shape index (κ2) is 8.35. The van der Waals surface area contributed by atoms with Crippen LogP contribution in [0.3, 0.4) is 0 Å². The summed E-state index contributed by atoms with van der Waals surface area (Å²) in [4.78, 5) is 12.5. The molecule has 2 aromatic rings. The minimum atomic E-state index is -4.46. The summed E-state index contributed by atoms with van der Waals surface area (Å²) in [5.74, 6) is 0.343. The minimum absolute atomic E-state index is 0.00110. The van der Waals surface area contributed by atoms with E-state index in [0.717, 1.165) is 36.3 Å².